The van der Waals surface area contributed by atoms with Gasteiger partial charge in [-0.25, -0.2) is 9.89 Å². The van der Waals surface area contributed by atoms with Gasteiger partial charge in [0, 0.05) is 5.03 Å². The summed E-state index contributed by atoms with van der Waals surface area (Å²) in [5.41, 5.74) is -0.533. The number of amides is 1. The number of nitrogens with zero attached hydrogens (tertiary/aromatic N) is 1. The van der Waals surface area contributed by atoms with E-state index < -0.39 is 11.6 Å². The van der Waals surface area contributed by atoms with E-state index in [9.17, 15) is 9.59 Å². The molecule has 0 unspecified atom stereocenters. The van der Waals surface area contributed by atoms with Gasteiger partial charge in [-0.15, -0.1) is 5.10 Å². The summed E-state index contributed by atoms with van der Waals surface area (Å²) in [4.78, 5) is 23.8. The second kappa shape index (κ2) is 3.90. The molecule has 0 aliphatic carbocycles. The fourth-order valence-electron chi connectivity index (χ4n) is 0.638. The average Bonchev–Trinajstić information content (AvgIpc) is 2.47. The lowest BCUT2D eigenvalue weighted by molar-refractivity contribution is 0.0947. The molecule has 0 saturated heterocycles. The maximum atomic E-state index is 11.1. The number of H-pyrrole nitrogens is 2. The van der Waals surface area contributed by atoms with Gasteiger partial charge in [0.1, 0.15) is 0 Å². The van der Waals surface area contributed by atoms with Crippen molar-refractivity contribution >= 4 is 17.5 Å². The van der Waals surface area contributed by atoms with E-state index in [0.717, 1.165) is 0 Å². The van der Waals surface area contributed by atoms with Gasteiger partial charge in [-0.2, -0.15) is 0 Å². The molecule has 1 aromatic heterocycles. The first-order valence-electron chi connectivity index (χ1n) is 3.36. The van der Waals surface area contributed by atoms with Crippen LogP contribution in [0.15, 0.2) is 16.4 Å². The van der Waals surface area contributed by atoms with Gasteiger partial charge >= 0.3 is 5.69 Å². The first-order valence-corrected chi connectivity index (χ1v) is 3.73. The maximum absolute atomic E-state index is 11.1. The summed E-state index contributed by atoms with van der Waals surface area (Å²) < 4.78 is 0. The minimum absolute atomic E-state index is 0.0806. The molecular formula is C6H7ClN4O2. The maximum Gasteiger partial charge on any atom is 0.341 e. The van der Waals surface area contributed by atoms with Crippen LogP contribution >= 0.6 is 11.6 Å². The van der Waals surface area contributed by atoms with E-state index in [0.29, 0.717) is 5.03 Å². The highest BCUT2D eigenvalue weighted by atomic mass is 35.5. The van der Waals surface area contributed by atoms with Crippen LogP contribution in [0.4, 0.5) is 0 Å². The number of hydrogen-bond acceptors (Lipinski definition) is 3. The van der Waals surface area contributed by atoms with Crippen LogP contribution in [0, 0.1) is 0 Å². The van der Waals surface area contributed by atoms with Crippen LogP contribution in [0.2, 0.25) is 0 Å². The molecule has 0 saturated carbocycles. The molecule has 1 rings (SSSR count). The fourth-order valence-corrected chi connectivity index (χ4v) is 0.704. The summed E-state index contributed by atoms with van der Waals surface area (Å²) in [6, 6.07) is 0. The summed E-state index contributed by atoms with van der Waals surface area (Å²) in [7, 11) is 0. The van der Waals surface area contributed by atoms with Crippen molar-refractivity contribution in [2.45, 2.75) is 0 Å². The summed E-state index contributed by atoms with van der Waals surface area (Å²) >= 11 is 5.41. The fraction of sp³-hybridized carbons (Fsp3) is 0.167. The van der Waals surface area contributed by atoms with Crippen LogP contribution in [0.1, 0.15) is 10.6 Å². The minimum atomic E-state index is -0.533. The normalized spacial score (nSPS) is 9.62. The van der Waals surface area contributed by atoms with Crippen molar-refractivity contribution in [3.05, 3.63) is 27.9 Å². The SMILES string of the molecule is C=C(Cl)CNC(=O)c1n[nH]c(=O)[nH]1. The Morgan fingerprint density at radius 2 is 2.38 bits per heavy atom. The van der Waals surface area contributed by atoms with E-state index in [1.807, 2.05) is 0 Å². The van der Waals surface area contributed by atoms with Gasteiger partial charge in [0.25, 0.3) is 5.91 Å². The summed E-state index contributed by atoms with van der Waals surface area (Å²) in [5, 5.41) is 8.16. The molecule has 0 aliphatic rings. The van der Waals surface area contributed by atoms with E-state index in [1.165, 1.54) is 0 Å². The van der Waals surface area contributed by atoms with Crippen molar-refractivity contribution < 1.29 is 4.79 Å². The number of aromatic amines is 2. The monoisotopic (exact) mass is 202 g/mol. The van der Waals surface area contributed by atoms with Crippen molar-refractivity contribution in [3.63, 3.8) is 0 Å². The van der Waals surface area contributed by atoms with Crippen LogP contribution in [0.25, 0.3) is 0 Å². The molecule has 3 N–H and O–H groups in total. The predicted octanol–water partition coefficient (Wildman–Crippen LogP) is -0.420. The highest BCUT2D eigenvalue weighted by Gasteiger charge is 2.08. The molecule has 13 heavy (non-hydrogen) atoms. The summed E-state index contributed by atoms with van der Waals surface area (Å²) in [6.45, 7) is 3.51. The number of nitrogens with one attached hydrogen (secondary N) is 3. The van der Waals surface area contributed by atoms with Gasteiger partial charge < -0.3 is 5.32 Å². The number of aromatic nitrogens is 3. The topological polar surface area (TPSA) is 90.6 Å². The summed E-state index contributed by atoms with van der Waals surface area (Å²) in [5.74, 6) is -0.594. The third-order valence-corrected chi connectivity index (χ3v) is 1.29. The van der Waals surface area contributed by atoms with Crippen molar-refractivity contribution in [2.75, 3.05) is 6.54 Å². The Balaban J connectivity index is 2.59. The number of halogens is 1. The lowest BCUT2D eigenvalue weighted by Crippen LogP contribution is -2.25. The van der Waals surface area contributed by atoms with Gasteiger partial charge in [-0.1, -0.05) is 18.2 Å². The lowest BCUT2D eigenvalue weighted by atomic mass is 10.5. The van der Waals surface area contributed by atoms with E-state index in [1.54, 1.807) is 0 Å². The zero-order valence-corrected chi connectivity index (χ0v) is 7.31. The largest absolute Gasteiger partial charge is 0.344 e. The lowest BCUT2D eigenvalue weighted by Gasteiger charge is -1.98. The third kappa shape index (κ3) is 2.75. The molecule has 0 atom stereocenters. The zero-order chi connectivity index (χ0) is 9.84. The highest BCUT2D eigenvalue weighted by molar-refractivity contribution is 6.29. The Morgan fingerprint density at radius 3 is 2.85 bits per heavy atom. The van der Waals surface area contributed by atoms with Crippen LogP contribution in [-0.4, -0.2) is 27.6 Å². The second-order valence-corrected chi connectivity index (χ2v) is 2.76. The van der Waals surface area contributed by atoms with Crippen molar-refractivity contribution in [2.24, 2.45) is 0 Å². The first-order chi connectivity index (χ1) is 6.09. The molecule has 70 valence electrons. The molecule has 0 fully saturated rings. The highest BCUT2D eigenvalue weighted by Crippen LogP contribution is 1.93. The Morgan fingerprint density at radius 1 is 1.69 bits per heavy atom. The van der Waals surface area contributed by atoms with E-state index in [4.69, 9.17) is 11.6 Å². The second-order valence-electron chi connectivity index (χ2n) is 2.23. The molecule has 0 bridgehead atoms. The number of carbonyl (C=O) groups is 1. The Bertz CT molecular complexity index is 380. The van der Waals surface area contributed by atoms with Gasteiger partial charge in [0.2, 0.25) is 5.82 Å². The predicted molar refractivity (Wildman–Crippen MR) is 46.5 cm³/mol. The molecule has 1 heterocycles. The molecule has 7 heteroatoms. The number of hydrogen-bond donors (Lipinski definition) is 3. The molecule has 1 aromatic rings. The van der Waals surface area contributed by atoms with Gasteiger partial charge in [-0.3, -0.25) is 9.78 Å². The Kier molecular flexibility index (Phi) is 2.86. The van der Waals surface area contributed by atoms with E-state index >= 15 is 0 Å². The molecule has 6 nitrogen and oxygen atoms in total. The number of rotatable bonds is 3. The van der Waals surface area contributed by atoms with Crippen LogP contribution in [-0.2, 0) is 0 Å². The summed E-state index contributed by atoms with van der Waals surface area (Å²) in [6.07, 6.45) is 0. The van der Waals surface area contributed by atoms with Crippen molar-refractivity contribution in [3.8, 4) is 0 Å². The smallest absolute Gasteiger partial charge is 0.341 e. The molecular weight excluding hydrogens is 196 g/mol. The van der Waals surface area contributed by atoms with Gasteiger partial charge in [0.15, 0.2) is 0 Å². The van der Waals surface area contributed by atoms with Gasteiger partial charge in [-0.05, 0) is 0 Å². The molecule has 0 spiro atoms. The number of carbonyl (C=O) groups excluding carboxylic acids is 1. The Hall–Kier alpha value is -1.56. The molecule has 0 radical (unpaired) electrons. The minimum Gasteiger partial charge on any atom is -0.344 e. The molecule has 0 aromatic carbocycles. The third-order valence-electron chi connectivity index (χ3n) is 1.16. The van der Waals surface area contributed by atoms with Crippen LogP contribution in [0.5, 0.6) is 0 Å². The molecule has 0 aliphatic heterocycles. The quantitative estimate of drug-likeness (QED) is 0.622. The van der Waals surface area contributed by atoms with Gasteiger partial charge in [0.05, 0.1) is 6.54 Å². The van der Waals surface area contributed by atoms with Crippen LogP contribution in [0.3, 0.4) is 0 Å². The van der Waals surface area contributed by atoms with Crippen molar-refractivity contribution in [1.82, 2.24) is 20.5 Å². The average molecular weight is 203 g/mol. The zero-order valence-electron chi connectivity index (χ0n) is 6.56. The van der Waals surface area contributed by atoms with Crippen molar-refractivity contribution in [1.29, 1.82) is 0 Å². The Labute approximate surface area is 78.0 Å². The van der Waals surface area contributed by atoms with Crippen LogP contribution < -0.4 is 11.0 Å². The first kappa shape index (κ1) is 9.53. The molecule has 1 amide bonds. The van der Waals surface area contributed by atoms with E-state index in [-0.39, 0.29) is 12.4 Å². The standard InChI is InChI=1S/C6H7ClN4O2/c1-3(7)2-8-5(12)4-9-6(13)11-10-4/h1-2H2,(H,8,12)(H2,9,10,11,13). The van der Waals surface area contributed by atoms with E-state index in [2.05, 4.69) is 27.1 Å².